The molecular weight excluding hydrogens is 825 g/mol. The van der Waals surface area contributed by atoms with Gasteiger partial charge in [-0.15, -0.1) is 0 Å². The van der Waals surface area contributed by atoms with Crippen molar-refractivity contribution in [2.75, 3.05) is 6.61 Å². The van der Waals surface area contributed by atoms with E-state index in [1.165, 1.54) is 12.0 Å². The molecule has 3 heterocycles. The number of carbonyl (C=O) groups is 4. The molecule has 2 amide bonds. The second-order valence-electron chi connectivity index (χ2n) is 16.5. The first kappa shape index (κ1) is 43.7. The van der Waals surface area contributed by atoms with Crippen molar-refractivity contribution in [2.24, 2.45) is 5.41 Å². The summed E-state index contributed by atoms with van der Waals surface area (Å²) in [7, 11) is 0. The molecule has 2 bridgehead atoms. The highest BCUT2D eigenvalue weighted by atomic mass is 127. The van der Waals surface area contributed by atoms with Crippen LogP contribution in [0.3, 0.4) is 0 Å². The molecule has 4 aliphatic rings. The Morgan fingerprint density at radius 2 is 1.73 bits per heavy atom. The number of esters is 2. The molecule has 0 radical (unpaired) electrons. The van der Waals surface area contributed by atoms with E-state index in [0.717, 1.165) is 47.7 Å². The number of nitrogens with zero attached hydrogens (tertiary/aromatic N) is 1. The zero-order chi connectivity index (χ0) is 40.1. The van der Waals surface area contributed by atoms with Crippen LogP contribution in [0.1, 0.15) is 118 Å². The lowest BCUT2D eigenvalue weighted by molar-refractivity contribution is -0.224. The Bertz CT molecular complexity index is 1510. The largest absolute Gasteiger partial charge is 0.460 e. The molecule has 1 aromatic carbocycles. The molecule has 9 atom stereocenters. The molecule has 14 nitrogen and oxygen atoms in total. The van der Waals surface area contributed by atoms with Crippen LogP contribution in [-0.2, 0) is 49.5 Å². The highest BCUT2D eigenvalue weighted by molar-refractivity contribution is 14.1. The average molecular weight is 886 g/mol. The molecule has 15 heteroatoms. The van der Waals surface area contributed by atoms with E-state index in [2.05, 4.69) is 47.1 Å². The predicted octanol–water partition coefficient (Wildman–Crippen LogP) is 4.20. The number of hydrogen-bond acceptors (Lipinski definition) is 12. The first-order valence-corrected chi connectivity index (χ1v) is 21.0. The molecule has 0 aromatic heterocycles. The monoisotopic (exact) mass is 885 g/mol. The van der Waals surface area contributed by atoms with Crippen molar-refractivity contribution < 1.29 is 53.2 Å². The zero-order valence-electron chi connectivity index (χ0n) is 33.0. The molecule has 1 aliphatic carbocycles. The second-order valence-corrected chi connectivity index (χ2v) is 17.8. The van der Waals surface area contributed by atoms with Gasteiger partial charge in [-0.25, -0.2) is 0 Å². The molecule has 3 saturated heterocycles. The number of rotatable bonds is 19. The summed E-state index contributed by atoms with van der Waals surface area (Å²) >= 11 is 2.21. The summed E-state index contributed by atoms with van der Waals surface area (Å²) in [6.07, 6.45) is 2.50. The lowest BCUT2D eigenvalue weighted by atomic mass is 9.62. The number of ether oxygens (including phenoxy) is 4. The molecule has 1 saturated carbocycles. The van der Waals surface area contributed by atoms with E-state index in [0.29, 0.717) is 12.8 Å². The molecule has 308 valence electrons. The summed E-state index contributed by atoms with van der Waals surface area (Å²) in [4.78, 5) is 61.9. The maximum Gasteiger partial charge on any atom is 0.327 e. The van der Waals surface area contributed by atoms with Crippen LogP contribution in [0.2, 0.25) is 0 Å². The van der Waals surface area contributed by atoms with Crippen LogP contribution in [-0.4, -0.2) is 106 Å². The Balaban J connectivity index is 1.44. The number of aliphatic hydroxyl groups excluding tert-OH is 2. The van der Waals surface area contributed by atoms with E-state index in [9.17, 15) is 29.4 Å². The maximum absolute atomic E-state index is 15.0. The zero-order valence-corrected chi connectivity index (χ0v) is 35.2. The van der Waals surface area contributed by atoms with Crippen molar-refractivity contribution in [3.63, 3.8) is 0 Å². The molecule has 1 aromatic rings. The van der Waals surface area contributed by atoms with Crippen LogP contribution in [0.4, 0.5) is 0 Å². The standard InChI is InChI=1S/C40H60IN3O11/c1-7-9-11-18-39(19-12-10-8-2)53-31-28-21-40(33(36(49)51-28)44(55-34(40)32(31)54-39)22-25-14-13-15-26(41)20-25)37(50)43-30(24(3)46)35(48)42-27(23-45)16-17-29(47)52-38(4,5)6/h13-15,20,24,27-28,30-34,45-46H,7-12,16-19,21-23H2,1-6H3,(H,42,48)(H,43,50)/t24-,27-,28+,30+,31-,32-,33-,34+,40-/m0/s1. The van der Waals surface area contributed by atoms with Gasteiger partial charge in [0.25, 0.3) is 0 Å². The van der Waals surface area contributed by atoms with Crippen molar-refractivity contribution >= 4 is 46.3 Å². The number of hydrogen-bond donors (Lipinski definition) is 4. The van der Waals surface area contributed by atoms with Crippen LogP contribution in [0.5, 0.6) is 0 Å². The minimum absolute atomic E-state index is 0.0521. The van der Waals surface area contributed by atoms with Crippen molar-refractivity contribution in [3.8, 4) is 0 Å². The summed E-state index contributed by atoms with van der Waals surface area (Å²) in [6, 6.07) is 4.21. The van der Waals surface area contributed by atoms with Crippen LogP contribution < -0.4 is 10.6 Å². The van der Waals surface area contributed by atoms with Crippen LogP contribution in [0.25, 0.3) is 0 Å². The lowest BCUT2D eigenvalue weighted by Gasteiger charge is -2.49. The number of hydroxylamine groups is 2. The number of aliphatic hydroxyl groups is 2. The minimum atomic E-state index is -1.57. The van der Waals surface area contributed by atoms with Crippen molar-refractivity contribution in [1.29, 1.82) is 0 Å². The maximum atomic E-state index is 15.0. The molecule has 0 spiro atoms. The fourth-order valence-corrected chi connectivity index (χ4v) is 8.99. The number of amides is 2. The van der Waals surface area contributed by atoms with Crippen molar-refractivity contribution in [1.82, 2.24) is 15.7 Å². The smallest absolute Gasteiger partial charge is 0.327 e. The average Bonchev–Trinajstić information content (AvgIpc) is 3.66. The molecular formula is C40H60IN3O11. The Morgan fingerprint density at radius 1 is 1.05 bits per heavy atom. The van der Waals surface area contributed by atoms with E-state index in [1.807, 2.05) is 24.3 Å². The van der Waals surface area contributed by atoms with Crippen molar-refractivity contribution in [2.45, 2.75) is 179 Å². The van der Waals surface area contributed by atoms with Crippen LogP contribution >= 0.6 is 22.6 Å². The Morgan fingerprint density at radius 3 is 2.33 bits per heavy atom. The second kappa shape index (κ2) is 18.5. The first-order chi connectivity index (χ1) is 26.1. The molecule has 5 rings (SSSR count). The number of nitrogens with one attached hydrogen (secondary N) is 2. The fourth-order valence-electron chi connectivity index (χ4n) is 8.38. The summed E-state index contributed by atoms with van der Waals surface area (Å²) in [5.74, 6) is -3.50. The van der Waals surface area contributed by atoms with E-state index >= 15 is 0 Å². The SMILES string of the molecule is CCCCCC1(CCCCC)O[C@@H]2[C@H](O1)[C@H]1ON(Cc3cccc(I)c3)[C@H]3C(=O)O[C@@H]2C[C@@]13C(=O)N[C@@H](C(=O)N[C@H](CO)CCC(=O)OC(C)(C)C)[C@H](C)O. The number of fused-ring (bicyclic) bond motifs is 4. The summed E-state index contributed by atoms with van der Waals surface area (Å²) in [5.41, 5.74) is -1.41. The highest BCUT2D eigenvalue weighted by Crippen LogP contribution is 2.58. The number of carbonyl (C=O) groups excluding carboxylic acids is 4. The summed E-state index contributed by atoms with van der Waals surface area (Å²) < 4.78 is 26.2. The van der Waals surface area contributed by atoms with E-state index in [1.54, 1.807) is 20.8 Å². The topological polar surface area (TPSA) is 182 Å². The highest BCUT2D eigenvalue weighted by Gasteiger charge is 2.76. The Kier molecular flexibility index (Phi) is 14.7. The first-order valence-electron chi connectivity index (χ1n) is 19.9. The van der Waals surface area contributed by atoms with Gasteiger partial charge in [0.2, 0.25) is 11.8 Å². The minimum Gasteiger partial charge on any atom is -0.460 e. The van der Waals surface area contributed by atoms with Gasteiger partial charge in [0.05, 0.1) is 25.3 Å². The van der Waals surface area contributed by atoms with Gasteiger partial charge >= 0.3 is 11.9 Å². The van der Waals surface area contributed by atoms with E-state index in [4.69, 9.17) is 23.8 Å². The van der Waals surface area contributed by atoms with Crippen LogP contribution in [0.15, 0.2) is 24.3 Å². The molecule has 3 aliphatic heterocycles. The normalized spacial score (nSPS) is 28.5. The van der Waals surface area contributed by atoms with E-state index < -0.39 is 95.8 Å². The Labute approximate surface area is 338 Å². The van der Waals surface area contributed by atoms with Crippen LogP contribution in [0, 0.1) is 8.99 Å². The number of unbranched alkanes of at least 4 members (excludes halogenated alkanes) is 4. The van der Waals surface area contributed by atoms with Gasteiger partial charge in [-0.2, -0.15) is 5.06 Å². The van der Waals surface area contributed by atoms with Gasteiger partial charge in [0.1, 0.15) is 41.5 Å². The lowest BCUT2D eigenvalue weighted by Crippen LogP contribution is -2.71. The van der Waals surface area contributed by atoms with Gasteiger partial charge in [-0.1, -0.05) is 51.7 Å². The van der Waals surface area contributed by atoms with Gasteiger partial charge in [-0.3, -0.25) is 24.0 Å². The van der Waals surface area contributed by atoms with Gasteiger partial charge in [0, 0.05) is 29.3 Å². The number of benzene rings is 1. The van der Waals surface area contributed by atoms with E-state index in [-0.39, 0.29) is 25.8 Å². The summed E-state index contributed by atoms with van der Waals surface area (Å²) in [6.45, 7) is 10.5. The fraction of sp³-hybridized carbons (Fsp3) is 0.750. The van der Waals surface area contributed by atoms with Gasteiger partial charge in [-0.05, 0) is 87.2 Å². The van der Waals surface area contributed by atoms with Crippen molar-refractivity contribution in [3.05, 3.63) is 33.4 Å². The van der Waals surface area contributed by atoms with Gasteiger partial charge < -0.3 is 39.8 Å². The summed E-state index contributed by atoms with van der Waals surface area (Å²) in [5, 5.41) is 27.9. The van der Waals surface area contributed by atoms with Gasteiger partial charge in [0.15, 0.2) is 11.8 Å². The predicted molar refractivity (Wildman–Crippen MR) is 209 cm³/mol. The Hall–Kier alpha value is -2.41. The third kappa shape index (κ3) is 10.0. The third-order valence-electron chi connectivity index (χ3n) is 11.0. The quantitative estimate of drug-likeness (QED) is 0.0885. The molecule has 0 unspecified atom stereocenters. The molecule has 55 heavy (non-hydrogen) atoms. The molecule has 4 fully saturated rings. The molecule has 4 N–H and O–H groups in total. The third-order valence-corrected chi connectivity index (χ3v) is 11.6. The number of halogens is 1.